The Morgan fingerprint density at radius 3 is 1.47 bits per heavy atom. The Morgan fingerprint density at radius 2 is 1.27 bits per heavy atom. The highest BCUT2D eigenvalue weighted by Crippen LogP contribution is 2.51. The highest BCUT2D eigenvalue weighted by atomic mass is 31.2. The molecule has 0 amide bonds. The van der Waals surface area contributed by atoms with Crippen LogP contribution >= 0.6 is 8.38 Å². The fraction of sp³-hybridized carbons (Fsp3) is 0.833. The van der Waals surface area contributed by atoms with Gasteiger partial charge in [0.25, 0.3) is 0 Å². The van der Waals surface area contributed by atoms with Crippen LogP contribution in [-0.4, -0.2) is 17.9 Å². The third-order valence-electron chi connectivity index (χ3n) is 1.85. The van der Waals surface area contributed by atoms with E-state index in [1.165, 1.54) is 0 Å². The van der Waals surface area contributed by atoms with E-state index in [0.717, 1.165) is 6.42 Å². The summed E-state index contributed by atoms with van der Waals surface area (Å²) in [5.41, 5.74) is -0.0234. The molecule has 0 aromatic rings. The maximum absolute atomic E-state index is 5.65. The number of rotatable bonds is 0. The standard InChI is InChI=1S/C8H17O2P.C4H6/c1-7(2)6-8(3,4)10-11(5)9-7;1-3-4-2/h6H2,1-5H3;1-2H3. The smallest absolute Gasteiger partial charge is 0.168 e. The second kappa shape index (κ2) is 5.85. The van der Waals surface area contributed by atoms with Gasteiger partial charge < -0.3 is 9.05 Å². The first kappa shape index (κ1) is 14.9. The maximum atomic E-state index is 5.65. The normalized spacial score (nSPS) is 23.1. The van der Waals surface area contributed by atoms with Gasteiger partial charge in [-0.2, -0.15) is 0 Å². The monoisotopic (exact) mass is 230 g/mol. The molecule has 1 aliphatic rings. The fourth-order valence-electron chi connectivity index (χ4n) is 1.80. The third kappa shape index (κ3) is 6.90. The van der Waals surface area contributed by atoms with Crippen LogP contribution in [0.25, 0.3) is 0 Å². The van der Waals surface area contributed by atoms with Crippen LogP contribution in [0.1, 0.15) is 48.0 Å². The Kier molecular flexibility index (Phi) is 5.81. The lowest BCUT2D eigenvalue weighted by Gasteiger charge is -2.43. The summed E-state index contributed by atoms with van der Waals surface area (Å²) in [4.78, 5) is 0. The molecular formula is C12H23O2P. The minimum Gasteiger partial charge on any atom is -0.328 e. The number of hydrogen-bond acceptors (Lipinski definition) is 2. The van der Waals surface area contributed by atoms with Crippen LogP contribution in [0.2, 0.25) is 0 Å². The highest BCUT2D eigenvalue weighted by Gasteiger charge is 2.38. The molecule has 3 heteroatoms. The molecule has 0 radical (unpaired) electrons. The lowest BCUT2D eigenvalue weighted by atomic mass is 9.93. The summed E-state index contributed by atoms with van der Waals surface area (Å²) < 4.78 is 11.3. The summed E-state index contributed by atoms with van der Waals surface area (Å²) in [6.07, 6.45) is 0.965. The first-order chi connectivity index (χ1) is 6.72. The van der Waals surface area contributed by atoms with Gasteiger partial charge >= 0.3 is 0 Å². The minimum atomic E-state index is -0.668. The van der Waals surface area contributed by atoms with E-state index in [2.05, 4.69) is 39.5 Å². The largest absolute Gasteiger partial charge is 0.328 e. The van der Waals surface area contributed by atoms with Crippen LogP contribution in [0.4, 0.5) is 0 Å². The maximum Gasteiger partial charge on any atom is 0.168 e. The summed E-state index contributed by atoms with van der Waals surface area (Å²) >= 11 is 0. The molecule has 0 bridgehead atoms. The lowest BCUT2D eigenvalue weighted by Crippen LogP contribution is -2.40. The van der Waals surface area contributed by atoms with Crippen molar-refractivity contribution in [1.29, 1.82) is 0 Å². The molecule has 0 unspecified atom stereocenters. The fourth-order valence-corrected chi connectivity index (χ4v) is 3.36. The molecule has 0 atom stereocenters. The van der Waals surface area contributed by atoms with Gasteiger partial charge in [-0.25, -0.2) is 0 Å². The van der Waals surface area contributed by atoms with E-state index in [9.17, 15) is 0 Å². The Labute approximate surface area is 95.7 Å². The van der Waals surface area contributed by atoms with Gasteiger partial charge in [0.2, 0.25) is 0 Å². The molecule has 1 aliphatic heterocycles. The van der Waals surface area contributed by atoms with E-state index in [1.54, 1.807) is 0 Å². The van der Waals surface area contributed by atoms with Gasteiger partial charge in [0.1, 0.15) is 0 Å². The Hall–Kier alpha value is -0.0900. The van der Waals surface area contributed by atoms with Gasteiger partial charge in [-0.1, -0.05) is 0 Å². The van der Waals surface area contributed by atoms with Crippen molar-refractivity contribution in [2.75, 3.05) is 6.66 Å². The molecule has 0 saturated carbocycles. The Bertz CT molecular complexity index is 226. The quantitative estimate of drug-likeness (QED) is 0.463. The average Bonchev–Trinajstić information content (AvgIpc) is 1.97. The van der Waals surface area contributed by atoms with Crippen molar-refractivity contribution in [3.8, 4) is 11.8 Å². The highest BCUT2D eigenvalue weighted by molar-refractivity contribution is 7.46. The van der Waals surface area contributed by atoms with Crippen LogP contribution in [0, 0.1) is 11.8 Å². The SMILES string of the molecule is CC#CC.CP1OC(C)(C)CC(C)(C)O1. The number of hydrogen-bond donors (Lipinski definition) is 0. The minimum absolute atomic E-state index is 0.0117. The second-order valence-electron chi connectivity index (χ2n) is 4.82. The van der Waals surface area contributed by atoms with Crippen LogP contribution in [0.3, 0.4) is 0 Å². The Morgan fingerprint density at radius 1 is 0.933 bits per heavy atom. The Balaban J connectivity index is 0.000000423. The topological polar surface area (TPSA) is 18.5 Å². The zero-order chi connectivity index (χ0) is 12.1. The van der Waals surface area contributed by atoms with Gasteiger partial charge in [-0.15, -0.1) is 11.8 Å². The van der Waals surface area contributed by atoms with Crippen molar-refractivity contribution >= 4 is 8.38 Å². The van der Waals surface area contributed by atoms with Crippen LogP contribution < -0.4 is 0 Å². The third-order valence-corrected chi connectivity index (χ3v) is 3.36. The first-order valence-corrected chi connectivity index (χ1v) is 6.80. The van der Waals surface area contributed by atoms with Gasteiger partial charge in [-0.3, -0.25) is 0 Å². The van der Waals surface area contributed by atoms with Gasteiger partial charge in [-0.05, 0) is 41.5 Å². The molecule has 15 heavy (non-hydrogen) atoms. The molecule has 1 saturated heterocycles. The van der Waals surface area contributed by atoms with Crippen molar-refractivity contribution in [1.82, 2.24) is 0 Å². The molecule has 0 N–H and O–H groups in total. The van der Waals surface area contributed by atoms with E-state index in [-0.39, 0.29) is 11.2 Å². The van der Waals surface area contributed by atoms with Gasteiger partial charge in [0, 0.05) is 13.1 Å². The van der Waals surface area contributed by atoms with Gasteiger partial charge in [0.05, 0.1) is 11.2 Å². The molecule has 0 spiro atoms. The molecule has 2 nitrogen and oxygen atoms in total. The molecule has 1 fully saturated rings. The molecule has 88 valence electrons. The van der Waals surface area contributed by atoms with E-state index >= 15 is 0 Å². The summed E-state index contributed by atoms with van der Waals surface area (Å²) in [7, 11) is -0.668. The van der Waals surface area contributed by atoms with Crippen molar-refractivity contribution in [2.24, 2.45) is 0 Å². The van der Waals surface area contributed by atoms with E-state index in [4.69, 9.17) is 9.05 Å². The summed E-state index contributed by atoms with van der Waals surface area (Å²) in [5, 5.41) is 0. The lowest BCUT2D eigenvalue weighted by molar-refractivity contribution is -0.0437. The molecule has 0 aromatic carbocycles. The van der Waals surface area contributed by atoms with Crippen molar-refractivity contribution in [3.63, 3.8) is 0 Å². The molecular weight excluding hydrogens is 207 g/mol. The summed E-state index contributed by atoms with van der Waals surface area (Å²) in [5.74, 6) is 5.36. The van der Waals surface area contributed by atoms with E-state index in [0.29, 0.717) is 0 Å². The zero-order valence-corrected chi connectivity index (χ0v) is 11.9. The average molecular weight is 230 g/mol. The zero-order valence-electron chi connectivity index (χ0n) is 11.0. The van der Waals surface area contributed by atoms with Crippen LogP contribution in [-0.2, 0) is 9.05 Å². The predicted molar refractivity (Wildman–Crippen MR) is 66.9 cm³/mol. The molecule has 0 aliphatic carbocycles. The van der Waals surface area contributed by atoms with Crippen LogP contribution in [0.15, 0.2) is 0 Å². The molecule has 1 heterocycles. The first-order valence-electron chi connectivity index (χ1n) is 5.18. The van der Waals surface area contributed by atoms with Crippen LogP contribution in [0.5, 0.6) is 0 Å². The second-order valence-corrected chi connectivity index (χ2v) is 6.06. The van der Waals surface area contributed by atoms with E-state index in [1.807, 2.05) is 20.5 Å². The van der Waals surface area contributed by atoms with Crippen molar-refractivity contribution < 1.29 is 9.05 Å². The van der Waals surface area contributed by atoms with Gasteiger partial charge in [0.15, 0.2) is 8.38 Å². The molecule has 0 aromatic heterocycles. The van der Waals surface area contributed by atoms with Crippen molar-refractivity contribution in [3.05, 3.63) is 0 Å². The summed E-state index contributed by atoms with van der Waals surface area (Å²) in [6, 6.07) is 0. The summed E-state index contributed by atoms with van der Waals surface area (Å²) in [6.45, 7) is 14.1. The predicted octanol–water partition coefficient (Wildman–Crippen LogP) is 3.95. The van der Waals surface area contributed by atoms with Crippen molar-refractivity contribution in [2.45, 2.75) is 59.2 Å². The molecule has 1 rings (SSSR count). The van der Waals surface area contributed by atoms with E-state index < -0.39 is 8.38 Å².